The smallest absolute Gasteiger partial charge is 0.382 e. The van der Waals surface area contributed by atoms with Crippen LogP contribution in [0.25, 0.3) is 0 Å². The normalized spacial score (nSPS) is 15.8. The lowest BCUT2D eigenvalue weighted by Crippen LogP contribution is -2.42. The van der Waals surface area contributed by atoms with Gasteiger partial charge < -0.3 is 15.1 Å². The van der Waals surface area contributed by atoms with Gasteiger partial charge in [0.25, 0.3) is 5.91 Å². The molecule has 0 saturated heterocycles. The lowest BCUT2D eigenvalue weighted by atomic mass is 10.00. The number of likely N-dealkylation sites (N-methyl/N-ethyl adjacent to an activating group) is 1. The first-order chi connectivity index (χ1) is 14.6. The van der Waals surface area contributed by atoms with Crippen LogP contribution in [-0.2, 0) is 27.1 Å². The number of alkyl halides is 3. The first-order valence-electron chi connectivity index (χ1n) is 9.61. The minimum atomic E-state index is -4.45. The molecule has 6 nitrogen and oxygen atoms in total. The third-order valence-corrected chi connectivity index (χ3v) is 4.90. The molecule has 1 aliphatic heterocycles. The largest absolute Gasteiger partial charge is 0.416 e. The molecule has 3 rings (SSSR count). The average molecular weight is 433 g/mol. The molecule has 0 radical (unpaired) electrons. The molecular weight excluding hydrogens is 411 g/mol. The van der Waals surface area contributed by atoms with Crippen molar-refractivity contribution in [1.82, 2.24) is 10.2 Å². The standard InChI is InChI=1S/C22H22F3N3O3/c1-14-6-3-4-9-17(14)18-11-19(31-27-18)21(30)28(2)13-20(29)26-12-15-7-5-8-16(10-15)22(23,24)25/h3-10,19H,11-13H2,1-2H3,(H,26,29)/t19-/m0/s1. The van der Waals surface area contributed by atoms with Crippen LogP contribution in [0, 0.1) is 6.92 Å². The van der Waals surface area contributed by atoms with Gasteiger partial charge in [-0.05, 0) is 30.2 Å². The molecule has 0 aromatic heterocycles. The highest BCUT2D eigenvalue weighted by atomic mass is 19.4. The second-order valence-electron chi connectivity index (χ2n) is 7.32. The summed E-state index contributed by atoms with van der Waals surface area (Å²) in [6, 6.07) is 12.3. The van der Waals surface area contributed by atoms with Crippen molar-refractivity contribution in [2.45, 2.75) is 32.2 Å². The van der Waals surface area contributed by atoms with Crippen molar-refractivity contribution in [2.24, 2.45) is 5.16 Å². The number of halogens is 3. The molecule has 0 aliphatic carbocycles. The fourth-order valence-corrected chi connectivity index (χ4v) is 3.22. The van der Waals surface area contributed by atoms with Crippen LogP contribution in [0.2, 0.25) is 0 Å². The summed E-state index contributed by atoms with van der Waals surface area (Å²) >= 11 is 0. The number of nitrogens with zero attached hydrogens (tertiary/aromatic N) is 2. The summed E-state index contributed by atoms with van der Waals surface area (Å²) in [5.74, 6) is -0.896. The molecule has 0 saturated carbocycles. The quantitative estimate of drug-likeness (QED) is 0.760. The maximum Gasteiger partial charge on any atom is 0.416 e. The molecule has 1 heterocycles. The SMILES string of the molecule is Cc1ccccc1C1=NO[C@H](C(=O)N(C)CC(=O)NCc2cccc(C(F)(F)F)c2)C1. The zero-order valence-electron chi connectivity index (χ0n) is 17.1. The van der Waals surface area contributed by atoms with E-state index in [4.69, 9.17) is 4.84 Å². The number of hydrogen-bond donors (Lipinski definition) is 1. The Morgan fingerprint density at radius 3 is 2.65 bits per heavy atom. The number of nitrogens with one attached hydrogen (secondary N) is 1. The number of hydrogen-bond acceptors (Lipinski definition) is 4. The molecule has 0 bridgehead atoms. The van der Waals surface area contributed by atoms with Crippen LogP contribution in [-0.4, -0.2) is 42.1 Å². The van der Waals surface area contributed by atoms with E-state index >= 15 is 0 Å². The summed E-state index contributed by atoms with van der Waals surface area (Å²) < 4.78 is 38.3. The lowest BCUT2D eigenvalue weighted by molar-refractivity contribution is -0.143. The monoisotopic (exact) mass is 433 g/mol. The highest BCUT2D eigenvalue weighted by Gasteiger charge is 2.32. The van der Waals surface area contributed by atoms with Crippen LogP contribution >= 0.6 is 0 Å². The van der Waals surface area contributed by atoms with Gasteiger partial charge in [-0.25, -0.2) is 0 Å². The predicted molar refractivity (Wildman–Crippen MR) is 108 cm³/mol. The van der Waals surface area contributed by atoms with Crippen LogP contribution in [0.4, 0.5) is 13.2 Å². The van der Waals surface area contributed by atoms with E-state index in [0.717, 1.165) is 23.3 Å². The van der Waals surface area contributed by atoms with Crippen LogP contribution in [0.1, 0.15) is 28.7 Å². The Morgan fingerprint density at radius 1 is 1.19 bits per heavy atom. The first-order valence-corrected chi connectivity index (χ1v) is 9.61. The lowest BCUT2D eigenvalue weighted by Gasteiger charge is -2.19. The van der Waals surface area contributed by atoms with Gasteiger partial charge in [-0.15, -0.1) is 0 Å². The number of rotatable bonds is 6. The van der Waals surface area contributed by atoms with Crippen LogP contribution in [0.3, 0.4) is 0 Å². The van der Waals surface area contributed by atoms with Crippen molar-refractivity contribution in [3.8, 4) is 0 Å². The van der Waals surface area contributed by atoms with Gasteiger partial charge in [0.15, 0.2) is 0 Å². The molecule has 2 aromatic rings. The Labute approximate surface area is 177 Å². The van der Waals surface area contributed by atoms with E-state index in [9.17, 15) is 22.8 Å². The van der Waals surface area contributed by atoms with E-state index in [0.29, 0.717) is 17.7 Å². The van der Waals surface area contributed by atoms with Gasteiger partial charge in [0, 0.05) is 25.6 Å². The minimum Gasteiger partial charge on any atom is -0.382 e. The number of benzene rings is 2. The van der Waals surface area contributed by atoms with Gasteiger partial charge in [0.1, 0.15) is 0 Å². The third kappa shape index (κ3) is 5.62. The molecule has 1 N–H and O–H groups in total. The maximum atomic E-state index is 12.8. The summed E-state index contributed by atoms with van der Waals surface area (Å²) in [5.41, 5.74) is 2.11. The van der Waals surface area contributed by atoms with Crippen LogP contribution < -0.4 is 5.32 Å². The zero-order valence-corrected chi connectivity index (χ0v) is 17.1. The fraction of sp³-hybridized carbons (Fsp3) is 0.318. The molecule has 1 aliphatic rings. The summed E-state index contributed by atoms with van der Waals surface area (Å²) in [6.45, 7) is 1.61. The van der Waals surface area contributed by atoms with Crippen molar-refractivity contribution in [2.75, 3.05) is 13.6 Å². The van der Waals surface area contributed by atoms with Gasteiger partial charge in [-0.2, -0.15) is 13.2 Å². The summed E-state index contributed by atoms with van der Waals surface area (Å²) in [6.07, 6.45) is -4.98. The molecular formula is C22H22F3N3O3. The second kappa shape index (κ2) is 9.20. The van der Waals surface area contributed by atoms with Crippen molar-refractivity contribution < 1.29 is 27.6 Å². The summed E-state index contributed by atoms with van der Waals surface area (Å²) in [7, 11) is 1.46. The predicted octanol–water partition coefficient (Wildman–Crippen LogP) is 3.28. The second-order valence-corrected chi connectivity index (χ2v) is 7.32. The third-order valence-electron chi connectivity index (χ3n) is 4.90. The Bertz CT molecular complexity index is 1000. The molecule has 0 fully saturated rings. The van der Waals surface area contributed by atoms with Crippen molar-refractivity contribution in [3.63, 3.8) is 0 Å². The van der Waals surface area contributed by atoms with E-state index in [1.54, 1.807) is 0 Å². The number of carbonyl (C=O) groups is 2. The van der Waals surface area contributed by atoms with E-state index in [2.05, 4.69) is 10.5 Å². The first kappa shape index (κ1) is 22.3. The van der Waals surface area contributed by atoms with Crippen LogP contribution in [0.15, 0.2) is 53.7 Å². The van der Waals surface area contributed by atoms with Gasteiger partial charge in [-0.1, -0.05) is 41.6 Å². The van der Waals surface area contributed by atoms with Gasteiger partial charge >= 0.3 is 6.18 Å². The highest BCUT2D eigenvalue weighted by Crippen LogP contribution is 2.29. The van der Waals surface area contributed by atoms with Gasteiger partial charge in [0.05, 0.1) is 17.8 Å². The zero-order chi connectivity index (χ0) is 22.6. The average Bonchev–Trinajstić information content (AvgIpc) is 3.21. The molecule has 2 amide bonds. The van der Waals surface area contributed by atoms with E-state index in [1.807, 2.05) is 31.2 Å². The maximum absolute atomic E-state index is 12.8. The molecule has 164 valence electrons. The highest BCUT2D eigenvalue weighted by molar-refractivity contribution is 6.05. The number of amides is 2. The Hall–Kier alpha value is -3.36. The summed E-state index contributed by atoms with van der Waals surface area (Å²) in [5, 5.41) is 6.54. The summed E-state index contributed by atoms with van der Waals surface area (Å²) in [4.78, 5) is 31.2. The minimum absolute atomic E-state index is 0.0781. The van der Waals surface area contributed by atoms with E-state index in [-0.39, 0.29) is 13.1 Å². The molecule has 1 atom stereocenters. The Balaban J connectivity index is 1.50. The number of oxime groups is 1. The topological polar surface area (TPSA) is 71.0 Å². The number of carbonyl (C=O) groups excluding carboxylic acids is 2. The van der Waals surface area contributed by atoms with Crippen LogP contribution in [0.5, 0.6) is 0 Å². The molecule has 0 unspecified atom stereocenters. The van der Waals surface area contributed by atoms with E-state index in [1.165, 1.54) is 24.1 Å². The Kier molecular flexibility index (Phi) is 6.62. The van der Waals surface area contributed by atoms with Crippen molar-refractivity contribution in [3.05, 3.63) is 70.8 Å². The molecule has 0 spiro atoms. The van der Waals surface area contributed by atoms with E-state index < -0.39 is 29.7 Å². The Morgan fingerprint density at radius 2 is 1.94 bits per heavy atom. The van der Waals surface area contributed by atoms with Gasteiger partial charge in [0.2, 0.25) is 12.0 Å². The van der Waals surface area contributed by atoms with Crippen molar-refractivity contribution >= 4 is 17.5 Å². The van der Waals surface area contributed by atoms with Crippen molar-refractivity contribution in [1.29, 1.82) is 0 Å². The van der Waals surface area contributed by atoms with Gasteiger partial charge in [-0.3, -0.25) is 9.59 Å². The fourth-order valence-electron chi connectivity index (χ4n) is 3.22. The molecule has 31 heavy (non-hydrogen) atoms. The molecule has 2 aromatic carbocycles. The number of aryl methyl sites for hydroxylation is 1. The molecule has 9 heteroatoms.